The molecule has 0 aliphatic rings. The van der Waals surface area contributed by atoms with Crippen molar-refractivity contribution in [1.82, 2.24) is 0 Å². The van der Waals surface area contributed by atoms with Gasteiger partial charge in [0.05, 0.1) is 15.7 Å². The van der Waals surface area contributed by atoms with Gasteiger partial charge in [-0.15, -0.1) is 0 Å². The van der Waals surface area contributed by atoms with Gasteiger partial charge in [0.25, 0.3) is 0 Å². The van der Waals surface area contributed by atoms with E-state index in [0.717, 1.165) is 0 Å². The van der Waals surface area contributed by atoms with Crippen LogP contribution in [-0.2, 0) is 0 Å². The van der Waals surface area contributed by atoms with Crippen molar-refractivity contribution in [2.75, 3.05) is 11.9 Å². The third-order valence-corrected chi connectivity index (χ3v) is 2.25. The average molecular weight is 201 g/mol. The van der Waals surface area contributed by atoms with Gasteiger partial charge in [0.15, 0.2) is 6.19 Å². The highest BCUT2D eigenvalue weighted by atomic mass is 35.5. The summed E-state index contributed by atoms with van der Waals surface area (Å²) in [5, 5.41) is 9.44. The van der Waals surface area contributed by atoms with Crippen molar-refractivity contribution in [1.29, 1.82) is 5.26 Å². The number of hydrogen-bond acceptors (Lipinski definition) is 2. The molecule has 0 amide bonds. The first-order chi connectivity index (χ1) is 5.66. The molecule has 0 saturated carbocycles. The highest BCUT2D eigenvalue weighted by molar-refractivity contribution is 6.43. The molecule has 1 aromatic rings. The van der Waals surface area contributed by atoms with Gasteiger partial charge in [0.2, 0.25) is 0 Å². The van der Waals surface area contributed by atoms with Crippen LogP contribution in [0.4, 0.5) is 5.69 Å². The van der Waals surface area contributed by atoms with Crippen LogP contribution >= 0.6 is 23.2 Å². The Morgan fingerprint density at radius 2 is 2.08 bits per heavy atom. The maximum atomic E-state index is 8.58. The normalized spacial score (nSPS) is 9.17. The summed E-state index contributed by atoms with van der Waals surface area (Å²) < 4.78 is 0. The maximum absolute atomic E-state index is 8.58. The van der Waals surface area contributed by atoms with E-state index in [1.54, 1.807) is 25.2 Å². The van der Waals surface area contributed by atoms with Crippen molar-refractivity contribution in [2.45, 2.75) is 0 Å². The first kappa shape index (κ1) is 9.18. The van der Waals surface area contributed by atoms with E-state index in [4.69, 9.17) is 28.5 Å². The zero-order valence-electron chi connectivity index (χ0n) is 6.38. The van der Waals surface area contributed by atoms with Crippen LogP contribution in [0.25, 0.3) is 0 Å². The lowest BCUT2D eigenvalue weighted by molar-refractivity contribution is 1.20. The molecular weight excluding hydrogens is 195 g/mol. The van der Waals surface area contributed by atoms with Crippen molar-refractivity contribution in [3.8, 4) is 6.19 Å². The minimum Gasteiger partial charge on any atom is -0.281 e. The second kappa shape index (κ2) is 3.66. The van der Waals surface area contributed by atoms with Gasteiger partial charge in [-0.1, -0.05) is 29.3 Å². The van der Waals surface area contributed by atoms with Gasteiger partial charge in [-0.3, -0.25) is 4.90 Å². The summed E-state index contributed by atoms with van der Waals surface area (Å²) in [4.78, 5) is 1.36. The van der Waals surface area contributed by atoms with Gasteiger partial charge in [0, 0.05) is 7.05 Å². The Morgan fingerprint density at radius 1 is 1.42 bits per heavy atom. The average Bonchev–Trinajstić information content (AvgIpc) is 2.08. The second-order valence-corrected chi connectivity index (χ2v) is 3.02. The molecule has 0 saturated heterocycles. The highest BCUT2D eigenvalue weighted by Crippen LogP contribution is 2.31. The molecule has 0 aliphatic heterocycles. The Hall–Kier alpha value is -0.910. The lowest BCUT2D eigenvalue weighted by Gasteiger charge is -2.10. The van der Waals surface area contributed by atoms with Crippen LogP contribution in [0.15, 0.2) is 18.2 Å². The van der Waals surface area contributed by atoms with E-state index in [-0.39, 0.29) is 0 Å². The zero-order chi connectivity index (χ0) is 9.14. The SMILES string of the molecule is CN(C#N)c1cccc(Cl)c1Cl. The van der Waals surface area contributed by atoms with Crippen LogP contribution in [0, 0.1) is 11.5 Å². The van der Waals surface area contributed by atoms with Crippen molar-refractivity contribution >= 4 is 28.9 Å². The first-order valence-electron chi connectivity index (χ1n) is 3.24. The zero-order valence-corrected chi connectivity index (χ0v) is 7.89. The number of nitriles is 1. The molecule has 62 valence electrons. The summed E-state index contributed by atoms with van der Waals surface area (Å²) in [5.41, 5.74) is 0.617. The van der Waals surface area contributed by atoms with Crippen LogP contribution in [0.3, 0.4) is 0 Å². The molecule has 12 heavy (non-hydrogen) atoms. The molecule has 0 bridgehead atoms. The molecule has 0 heterocycles. The number of halogens is 2. The molecule has 0 aliphatic carbocycles. The maximum Gasteiger partial charge on any atom is 0.184 e. The fourth-order valence-electron chi connectivity index (χ4n) is 0.805. The Bertz CT molecular complexity index is 330. The first-order valence-corrected chi connectivity index (χ1v) is 4.00. The van der Waals surface area contributed by atoms with Crippen molar-refractivity contribution in [2.24, 2.45) is 0 Å². The molecule has 0 N–H and O–H groups in total. The fraction of sp³-hybridized carbons (Fsp3) is 0.125. The number of anilines is 1. The van der Waals surface area contributed by atoms with E-state index in [0.29, 0.717) is 15.7 Å². The van der Waals surface area contributed by atoms with Crippen LogP contribution < -0.4 is 4.90 Å². The predicted octanol–water partition coefficient (Wildman–Crippen LogP) is 2.91. The Labute approximate surface area is 80.9 Å². The highest BCUT2D eigenvalue weighted by Gasteiger charge is 2.07. The standard InChI is InChI=1S/C8H6Cl2N2/c1-12(5-11)7-4-2-3-6(9)8(7)10/h2-4H,1H3. The third kappa shape index (κ3) is 1.63. The predicted molar refractivity (Wildman–Crippen MR) is 50.5 cm³/mol. The van der Waals surface area contributed by atoms with Crippen LogP contribution in [0.2, 0.25) is 10.0 Å². The number of hydrogen-bond donors (Lipinski definition) is 0. The summed E-state index contributed by atoms with van der Waals surface area (Å²) in [6.45, 7) is 0. The monoisotopic (exact) mass is 200 g/mol. The van der Waals surface area contributed by atoms with Gasteiger partial charge in [-0.05, 0) is 12.1 Å². The van der Waals surface area contributed by atoms with Crippen molar-refractivity contribution in [3.05, 3.63) is 28.2 Å². The summed E-state index contributed by atoms with van der Waals surface area (Å²) in [6, 6.07) is 5.16. The summed E-state index contributed by atoms with van der Waals surface area (Å²) in [7, 11) is 1.62. The molecule has 0 fully saturated rings. The van der Waals surface area contributed by atoms with Crippen LogP contribution in [-0.4, -0.2) is 7.05 Å². The largest absolute Gasteiger partial charge is 0.281 e. The van der Waals surface area contributed by atoms with E-state index in [2.05, 4.69) is 0 Å². The molecule has 0 spiro atoms. The minimum atomic E-state index is 0.406. The van der Waals surface area contributed by atoms with Gasteiger partial charge >= 0.3 is 0 Å². The molecule has 1 aromatic carbocycles. The summed E-state index contributed by atoms with van der Waals surface area (Å²) in [5.74, 6) is 0. The minimum absolute atomic E-state index is 0.406. The molecule has 1 rings (SSSR count). The quantitative estimate of drug-likeness (QED) is 0.515. The van der Waals surface area contributed by atoms with Gasteiger partial charge < -0.3 is 0 Å². The lowest BCUT2D eigenvalue weighted by atomic mass is 10.3. The van der Waals surface area contributed by atoms with Gasteiger partial charge in [-0.25, -0.2) is 0 Å². The molecule has 4 heteroatoms. The molecule has 2 nitrogen and oxygen atoms in total. The number of benzene rings is 1. The topological polar surface area (TPSA) is 27.0 Å². The smallest absolute Gasteiger partial charge is 0.184 e. The van der Waals surface area contributed by atoms with E-state index in [9.17, 15) is 0 Å². The summed E-state index contributed by atoms with van der Waals surface area (Å²) in [6.07, 6.45) is 1.94. The van der Waals surface area contributed by atoms with E-state index < -0.39 is 0 Å². The van der Waals surface area contributed by atoms with Crippen molar-refractivity contribution in [3.63, 3.8) is 0 Å². The molecule has 0 atom stereocenters. The third-order valence-electron chi connectivity index (χ3n) is 1.44. The van der Waals surface area contributed by atoms with E-state index in [1.807, 2.05) is 6.19 Å². The summed E-state index contributed by atoms with van der Waals surface area (Å²) >= 11 is 11.6. The molecule has 0 radical (unpaired) electrons. The van der Waals surface area contributed by atoms with E-state index in [1.165, 1.54) is 4.90 Å². The van der Waals surface area contributed by atoms with Crippen molar-refractivity contribution < 1.29 is 0 Å². The number of rotatable bonds is 1. The Morgan fingerprint density at radius 3 is 2.67 bits per heavy atom. The second-order valence-electron chi connectivity index (χ2n) is 2.23. The Balaban J connectivity index is 3.18. The van der Waals surface area contributed by atoms with Gasteiger partial charge in [0.1, 0.15) is 0 Å². The van der Waals surface area contributed by atoms with Crippen LogP contribution in [0.1, 0.15) is 0 Å². The molecule has 0 aromatic heterocycles. The van der Waals surface area contributed by atoms with E-state index >= 15 is 0 Å². The van der Waals surface area contributed by atoms with Crippen LogP contribution in [0.5, 0.6) is 0 Å². The Kier molecular flexibility index (Phi) is 2.80. The van der Waals surface area contributed by atoms with Gasteiger partial charge in [-0.2, -0.15) is 5.26 Å². The molecular formula is C8H6Cl2N2. The fourth-order valence-corrected chi connectivity index (χ4v) is 1.23. The number of nitrogens with zero attached hydrogens (tertiary/aromatic N) is 2. The lowest BCUT2D eigenvalue weighted by Crippen LogP contribution is -2.08. The molecule has 0 unspecified atom stereocenters.